The van der Waals surface area contributed by atoms with Crippen molar-refractivity contribution in [2.45, 2.75) is 0 Å². The predicted octanol–water partition coefficient (Wildman–Crippen LogP) is 27.4. The number of oxazole rings is 2. The number of nitrogens with one attached hydrogen (secondary N) is 6. The maximum absolute atomic E-state index is 5.01. The normalized spacial score (nSPS) is 9.63. The van der Waals surface area contributed by atoms with Crippen LogP contribution in [0.4, 0.5) is 0 Å². The van der Waals surface area contributed by atoms with Crippen LogP contribution in [0.5, 0.6) is 0 Å². The van der Waals surface area contributed by atoms with Crippen LogP contribution >= 0.6 is 34.0 Å². The zero-order chi connectivity index (χ0) is 100. The number of allylic oxidation sites excluding steroid dienone is 1. The van der Waals surface area contributed by atoms with Crippen LogP contribution in [0.2, 0.25) is 0 Å². The maximum Gasteiger partial charge on any atom is 0.181 e. The number of benzene rings is 9. The van der Waals surface area contributed by atoms with Crippen molar-refractivity contribution in [1.82, 2.24) is 120 Å². The molecule has 20 heterocycles. The number of fused-ring (bicyclic) bond motifs is 9. The summed E-state index contributed by atoms with van der Waals surface area (Å²) in [6, 6.07) is 115. The number of aromatic amines is 6. The number of ether oxygens (including phenoxy) is 1. The highest BCUT2D eigenvalue weighted by atomic mass is 32.1. The summed E-state index contributed by atoms with van der Waals surface area (Å²) in [7, 11) is 0. The molecule has 0 saturated heterocycles. The van der Waals surface area contributed by atoms with Gasteiger partial charge in [0.1, 0.15) is 30.0 Å². The van der Waals surface area contributed by atoms with E-state index in [-0.39, 0.29) is 0 Å². The van der Waals surface area contributed by atoms with E-state index in [1.807, 2.05) is 320 Å². The molecule has 9 aromatic carbocycles. The minimum Gasteiger partial charge on any atom is -0.479 e. The number of thiophene rings is 1. The Morgan fingerprint density at radius 3 is 1.23 bits per heavy atom. The number of aromatic nitrogens is 24. The van der Waals surface area contributed by atoms with E-state index >= 15 is 0 Å². The van der Waals surface area contributed by atoms with Crippen LogP contribution in [0.3, 0.4) is 0 Å². The monoisotopic (exact) mass is 1970 g/mol. The summed E-state index contributed by atoms with van der Waals surface area (Å²) < 4.78 is 15.4. The van der Waals surface area contributed by atoms with Crippen molar-refractivity contribution >= 4 is 138 Å². The molecule has 0 atom stereocenters. The Bertz CT molecular complexity index is 6140. The first kappa shape index (κ1) is 107. The minimum atomic E-state index is 0.483. The van der Waals surface area contributed by atoms with Gasteiger partial charge in [-0.25, -0.2) is 59.8 Å². The molecule has 1 aliphatic rings. The van der Waals surface area contributed by atoms with Gasteiger partial charge in [-0.3, -0.25) is 34.9 Å². The quantitative estimate of drug-likeness (QED) is 0.0821. The minimum absolute atomic E-state index is 0.483. The fraction of sp³-hybridized carbons (Fsp3) is 0.00877. The van der Waals surface area contributed by atoms with Gasteiger partial charge in [0.2, 0.25) is 0 Å². The third-order valence-electron chi connectivity index (χ3n) is 17.6. The molecule has 0 unspecified atom stereocenters. The van der Waals surface area contributed by atoms with Gasteiger partial charge in [-0.1, -0.05) is 200 Å². The van der Waals surface area contributed by atoms with Crippen molar-refractivity contribution < 1.29 is 13.6 Å². The smallest absolute Gasteiger partial charge is 0.181 e. The van der Waals surface area contributed by atoms with Gasteiger partial charge in [0.25, 0.3) is 0 Å². The van der Waals surface area contributed by atoms with E-state index in [9.17, 15) is 0 Å². The van der Waals surface area contributed by atoms with Crippen molar-refractivity contribution in [1.29, 1.82) is 0 Å². The van der Waals surface area contributed by atoms with Crippen LogP contribution in [0, 0.1) is 0 Å². The number of hydrogen-bond donors (Lipinski definition) is 6. The van der Waals surface area contributed by atoms with Gasteiger partial charge < -0.3 is 43.5 Å². The molecule has 28 aromatic rings. The van der Waals surface area contributed by atoms with Crippen LogP contribution in [0.15, 0.2) is 586 Å². The van der Waals surface area contributed by atoms with E-state index in [4.69, 9.17) is 9.15 Å². The molecule has 0 fully saturated rings. The van der Waals surface area contributed by atoms with Gasteiger partial charge in [0, 0.05) is 146 Å². The van der Waals surface area contributed by atoms with Gasteiger partial charge in [-0.05, 0) is 185 Å². The largest absolute Gasteiger partial charge is 0.479 e. The zero-order valence-electron chi connectivity index (χ0n) is 78.5. The molecule has 0 saturated carbocycles. The molecule has 0 spiro atoms. The number of pyridine rings is 5. The van der Waals surface area contributed by atoms with Gasteiger partial charge in [-0.15, -0.1) is 22.7 Å². The van der Waals surface area contributed by atoms with Crippen LogP contribution in [0.1, 0.15) is 0 Å². The molecule has 0 bridgehead atoms. The highest BCUT2D eigenvalue weighted by Gasteiger charge is 1.97. The molecule has 29 rings (SSSR count). The fourth-order valence-electron chi connectivity index (χ4n) is 11.0. The molecule has 1 aliphatic heterocycles. The fourth-order valence-corrected chi connectivity index (χ4v) is 12.5. The maximum atomic E-state index is 5.01. The van der Waals surface area contributed by atoms with Crippen molar-refractivity contribution in [3.8, 4) is 0 Å². The zero-order valence-corrected chi connectivity index (χ0v) is 81.0. The SMILES string of the molecule is C1=COCN=C1.c1c[nH]cn1.c1cc[nH]c1.c1cc[nH]c1.c1ccc2[nH]ccc2c1.c1ccc2[nH]cnc2c1.c1ccc2ccccc2c1.c1ccc2ncccc2c1.c1ccc2nccnc2c1.c1ccc2ocnc2c1.c1ccc2scnc2c1.c1ccccc1.c1ccncc1.c1ccncc1.c1ccsc1.c1cnc2ncccc2c1.c1cncnc1.c1cocn1.c1cscn1.c1ncc2[nH]cnc2n1. The number of thiazole rings is 2. The van der Waals surface area contributed by atoms with Crippen molar-refractivity contribution in [3.05, 3.63) is 572 Å². The number of para-hydroxylation sites is 9. The Morgan fingerprint density at radius 1 is 0.262 bits per heavy atom. The van der Waals surface area contributed by atoms with Crippen LogP contribution in [-0.2, 0) is 4.74 Å². The topological polar surface area (TPSA) is 375 Å². The van der Waals surface area contributed by atoms with Crippen molar-refractivity contribution in [2.75, 3.05) is 6.73 Å². The van der Waals surface area contributed by atoms with E-state index in [1.165, 1.54) is 63.5 Å². The molecule has 0 aliphatic carbocycles. The second kappa shape index (κ2) is 72.7. The first-order chi connectivity index (χ1) is 72.2. The Morgan fingerprint density at radius 2 is 0.800 bits per heavy atom. The number of hydrogen-bond acceptors (Lipinski definition) is 25. The second-order valence-electron chi connectivity index (χ2n) is 27.7. The van der Waals surface area contributed by atoms with E-state index in [1.54, 1.807) is 176 Å². The summed E-state index contributed by atoms with van der Waals surface area (Å²) in [6.45, 7) is 0.483. The van der Waals surface area contributed by atoms with Crippen molar-refractivity contribution in [3.63, 3.8) is 0 Å². The Hall–Kier alpha value is -19.6. The first-order valence-electron chi connectivity index (χ1n) is 44.7. The number of rotatable bonds is 0. The summed E-state index contributed by atoms with van der Waals surface area (Å²) in [6.07, 6.45) is 54.3. The Kier molecular flexibility index (Phi) is 53.8. The lowest BCUT2D eigenvalue weighted by Crippen LogP contribution is -1.86. The molecule has 31 heteroatoms. The number of nitrogens with zero attached hydrogens (tertiary/aromatic N) is 19. The van der Waals surface area contributed by atoms with Gasteiger partial charge >= 0.3 is 0 Å². The summed E-state index contributed by atoms with van der Waals surface area (Å²) >= 11 is 4.99. The van der Waals surface area contributed by atoms with E-state index in [0.717, 1.165) is 60.8 Å². The van der Waals surface area contributed by atoms with Gasteiger partial charge in [0.15, 0.2) is 36.4 Å². The highest BCUT2D eigenvalue weighted by Crippen LogP contribution is 2.17. The van der Waals surface area contributed by atoms with Gasteiger partial charge in [0.05, 0.1) is 86.5 Å². The number of aliphatic imine (C=N–C) groups is 1. The predicted molar refractivity (Wildman–Crippen MR) is 588 cm³/mol. The molecule has 145 heavy (non-hydrogen) atoms. The molecule has 0 radical (unpaired) electrons. The van der Waals surface area contributed by atoms with Crippen LogP contribution in [0.25, 0.3) is 98.2 Å². The summed E-state index contributed by atoms with van der Waals surface area (Å²) in [5.41, 5.74) is 15.2. The standard InChI is InChI=1S/C10H8.C9H7N.2C8H6N2.C8H7N.C7H6N2.C7H5NO.C7H5NS.C6H6.C5H4N4.2C5H5N.C4H4N2.C4H5NO.2C4H5N.C4H4S.C3H4N2.C3H3NO.C3H3NS/c1-2-6-10-8-4-3-7-9(10)5-1;1-2-6-9-8(4-1)5-3-7-10-9;1-3-7-4-2-6-10-8(7)9-5-1;1-2-4-8-7(3-1)9-5-6-10-8;1-2-4-8-7(3-1)5-6-9-8;3*1-2-4-7-6(3-1)8-5-9-7;1-2-4-6-5-3-1;1-4-5(8-2-6-1)9-3-7-4;2*1-2-4-6-5-3-1;2*1-2-5-4-6-3-1;3*1-2-4-5-3-1;3*1-2-5-3-4-1/h1-8H;1-7H;2*1-6H;1-6,9H;1-5H,(H,8,9);2*1-5H;1-6H;1-3H,(H,6,7,8,9);2*1-5H;1-4H;1-3H,4H2;2*1-5H;1-4H;1-3H,(H,4,5);2*1-3H. The average Bonchev–Trinajstić information content (AvgIpc) is 1.60. The molecular weight excluding hydrogens is 1860 g/mol. The molecule has 28 nitrogen and oxygen atoms in total. The van der Waals surface area contributed by atoms with Crippen LogP contribution < -0.4 is 0 Å². The Balaban J connectivity index is 0.000000157. The lowest BCUT2D eigenvalue weighted by Gasteiger charge is -1.94. The summed E-state index contributed by atoms with van der Waals surface area (Å²) in [4.78, 5) is 91.4. The molecule has 19 aromatic heterocycles. The third-order valence-corrected chi connectivity index (χ3v) is 19.6. The lowest BCUT2D eigenvalue weighted by molar-refractivity contribution is 0.259. The lowest BCUT2D eigenvalue weighted by atomic mass is 10.1. The second-order valence-corrected chi connectivity index (χ2v) is 30.1. The molecular formula is C114H103N25O3S3. The average molecular weight is 1970 g/mol. The third kappa shape index (κ3) is 47.8. The summed E-state index contributed by atoms with van der Waals surface area (Å²) in [5.74, 6) is 0. The highest BCUT2D eigenvalue weighted by molar-refractivity contribution is 7.16. The molecule has 6 N–H and O–H groups in total. The van der Waals surface area contributed by atoms with Crippen LogP contribution in [-0.4, -0.2) is 133 Å². The number of imidazole rings is 3. The molecule has 0 amide bonds. The van der Waals surface area contributed by atoms with Crippen molar-refractivity contribution in [2.24, 2.45) is 4.99 Å². The van der Waals surface area contributed by atoms with E-state index < -0.39 is 0 Å². The number of H-pyrrole nitrogens is 6. The Labute approximate surface area is 849 Å². The summed E-state index contributed by atoms with van der Waals surface area (Å²) in [5, 5.41) is 12.2. The first-order valence-corrected chi connectivity index (χ1v) is 47.4. The van der Waals surface area contributed by atoms with Gasteiger partial charge in [-0.2, -0.15) is 11.3 Å². The molecule has 720 valence electrons. The van der Waals surface area contributed by atoms with E-state index in [2.05, 4.69) is 214 Å². The van der Waals surface area contributed by atoms with E-state index in [0.29, 0.717) is 12.4 Å².